The summed E-state index contributed by atoms with van der Waals surface area (Å²) in [6, 6.07) is 5.19. The van der Waals surface area contributed by atoms with Gasteiger partial charge in [-0.3, -0.25) is 0 Å². The maximum Gasteiger partial charge on any atom is 0.129 e. The van der Waals surface area contributed by atoms with Crippen molar-refractivity contribution < 1.29 is 0 Å². The summed E-state index contributed by atoms with van der Waals surface area (Å²) in [5.41, 5.74) is 2.36. The second kappa shape index (κ2) is 7.29. The van der Waals surface area contributed by atoms with E-state index in [9.17, 15) is 0 Å². The van der Waals surface area contributed by atoms with Crippen molar-refractivity contribution in [1.82, 2.24) is 10.3 Å². The highest BCUT2D eigenvalue weighted by molar-refractivity contribution is 5.43. The van der Waals surface area contributed by atoms with Crippen LogP contribution in [0, 0.1) is 6.92 Å². The zero-order valence-electron chi connectivity index (χ0n) is 12.9. The molecule has 1 rings (SSSR count). The van der Waals surface area contributed by atoms with Gasteiger partial charge in [-0.1, -0.05) is 26.0 Å². The van der Waals surface area contributed by atoms with E-state index in [4.69, 9.17) is 4.98 Å². The predicted octanol–water partition coefficient (Wildman–Crippen LogP) is 3.29. The summed E-state index contributed by atoms with van der Waals surface area (Å²) in [6.45, 7) is 16.3. The number of hydrogen-bond donors (Lipinski definition) is 1. The molecule has 1 heterocycles. The Bertz CT molecular complexity index is 410. The molecular formula is C16H27N3. The van der Waals surface area contributed by atoms with Crippen molar-refractivity contribution in [3.63, 3.8) is 0 Å². The minimum absolute atomic E-state index is 0.421. The number of aryl methyl sites for hydroxylation is 1. The fourth-order valence-electron chi connectivity index (χ4n) is 1.95. The molecule has 0 aliphatic carbocycles. The van der Waals surface area contributed by atoms with Gasteiger partial charge in [0.2, 0.25) is 0 Å². The number of pyridine rings is 1. The summed E-state index contributed by atoms with van der Waals surface area (Å²) in [4.78, 5) is 6.98. The Kier molecular flexibility index (Phi) is 6.03. The van der Waals surface area contributed by atoms with Gasteiger partial charge in [-0.2, -0.15) is 0 Å². The van der Waals surface area contributed by atoms with Crippen LogP contribution in [0.4, 0.5) is 5.82 Å². The molecule has 3 nitrogen and oxygen atoms in total. The second-order valence-corrected chi connectivity index (χ2v) is 5.48. The summed E-state index contributed by atoms with van der Waals surface area (Å²) in [7, 11) is 0. The average Bonchev–Trinajstić information content (AvgIpc) is 2.33. The second-order valence-electron chi connectivity index (χ2n) is 5.48. The predicted molar refractivity (Wildman–Crippen MR) is 83.6 cm³/mol. The van der Waals surface area contributed by atoms with Crippen molar-refractivity contribution in [3.05, 3.63) is 36.0 Å². The zero-order valence-corrected chi connectivity index (χ0v) is 12.9. The Labute approximate surface area is 117 Å². The lowest BCUT2D eigenvalue weighted by Crippen LogP contribution is -2.31. The lowest BCUT2D eigenvalue weighted by atomic mass is 10.2. The van der Waals surface area contributed by atoms with Crippen molar-refractivity contribution in [3.8, 4) is 0 Å². The van der Waals surface area contributed by atoms with Gasteiger partial charge in [0, 0.05) is 30.9 Å². The molecule has 1 N–H and O–H groups in total. The van der Waals surface area contributed by atoms with Crippen LogP contribution in [0.3, 0.4) is 0 Å². The number of nitrogens with one attached hydrogen (secondary N) is 1. The van der Waals surface area contributed by atoms with E-state index in [1.54, 1.807) is 0 Å². The molecule has 0 saturated heterocycles. The van der Waals surface area contributed by atoms with Crippen LogP contribution < -0.4 is 10.2 Å². The van der Waals surface area contributed by atoms with Crippen LogP contribution in [0.5, 0.6) is 0 Å². The van der Waals surface area contributed by atoms with E-state index in [-0.39, 0.29) is 0 Å². The summed E-state index contributed by atoms with van der Waals surface area (Å²) in [6.07, 6.45) is 1.92. The van der Waals surface area contributed by atoms with Crippen LogP contribution in [0.2, 0.25) is 0 Å². The quantitative estimate of drug-likeness (QED) is 0.763. The maximum atomic E-state index is 4.73. The van der Waals surface area contributed by atoms with E-state index in [1.807, 2.05) is 6.08 Å². The molecule has 0 aliphatic rings. The molecule has 0 aliphatic heterocycles. The molecule has 0 unspecified atom stereocenters. The monoisotopic (exact) mass is 261 g/mol. The molecule has 0 amide bonds. The molecule has 3 heteroatoms. The fraction of sp³-hybridized carbons (Fsp3) is 0.562. The highest BCUT2D eigenvalue weighted by Crippen LogP contribution is 2.17. The van der Waals surface area contributed by atoms with Gasteiger partial charge < -0.3 is 10.2 Å². The summed E-state index contributed by atoms with van der Waals surface area (Å²) >= 11 is 0. The summed E-state index contributed by atoms with van der Waals surface area (Å²) in [5, 5.41) is 3.43. The molecule has 0 saturated carbocycles. The summed E-state index contributed by atoms with van der Waals surface area (Å²) in [5.74, 6) is 1.03. The molecule has 19 heavy (non-hydrogen) atoms. The minimum atomic E-state index is 0.421. The first-order chi connectivity index (χ1) is 8.95. The van der Waals surface area contributed by atoms with Crippen LogP contribution in [0.25, 0.3) is 0 Å². The first-order valence-corrected chi connectivity index (χ1v) is 7.03. The van der Waals surface area contributed by atoms with E-state index in [0.717, 1.165) is 24.6 Å². The smallest absolute Gasteiger partial charge is 0.129 e. The number of aromatic nitrogens is 1. The topological polar surface area (TPSA) is 28.2 Å². The van der Waals surface area contributed by atoms with Crippen molar-refractivity contribution in [2.75, 3.05) is 11.4 Å². The third-order valence-corrected chi connectivity index (χ3v) is 3.12. The molecule has 0 aromatic carbocycles. The highest BCUT2D eigenvalue weighted by atomic mass is 15.2. The van der Waals surface area contributed by atoms with E-state index in [0.29, 0.717) is 12.1 Å². The van der Waals surface area contributed by atoms with E-state index >= 15 is 0 Å². The third kappa shape index (κ3) is 4.67. The highest BCUT2D eigenvalue weighted by Gasteiger charge is 2.11. The van der Waals surface area contributed by atoms with Gasteiger partial charge in [0.05, 0.1) is 0 Å². The minimum Gasteiger partial charge on any atom is -0.350 e. The largest absolute Gasteiger partial charge is 0.350 e. The van der Waals surface area contributed by atoms with Crippen molar-refractivity contribution in [2.24, 2.45) is 0 Å². The molecular weight excluding hydrogens is 234 g/mol. The first kappa shape index (κ1) is 15.7. The van der Waals surface area contributed by atoms with Gasteiger partial charge in [0.15, 0.2) is 0 Å². The van der Waals surface area contributed by atoms with Crippen LogP contribution in [-0.4, -0.2) is 23.6 Å². The standard InChI is InChI=1S/C16H27N3/c1-7-10-19(13(4)5)16-9-8-15(14(6)18-16)11-17-12(2)3/h7-9,12-13,17H,1,10-11H2,2-6H3. The van der Waals surface area contributed by atoms with Gasteiger partial charge in [0.1, 0.15) is 5.82 Å². The molecule has 0 atom stereocenters. The SMILES string of the molecule is C=CCN(c1ccc(CNC(C)C)c(C)n1)C(C)C. The number of nitrogens with zero attached hydrogens (tertiary/aromatic N) is 2. The number of hydrogen-bond acceptors (Lipinski definition) is 3. The molecule has 0 spiro atoms. The fourth-order valence-corrected chi connectivity index (χ4v) is 1.95. The zero-order chi connectivity index (χ0) is 14.4. The average molecular weight is 261 g/mol. The number of anilines is 1. The van der Waals surface area contributed by atoms with Gasteiger partial charge >= 0.3 is 0 Å². The van der Waals surface area contributed by atoms with Crippen molar-refractivity contribution in [1.29, 1.82) is 0 Å². The lowest BCUT2D eigenvalue weighted by Gasteiger charge is -2.27. The molecule has 1 aromatic rings. The van der Waals surface area contributed by atoms with Gasteiger partial charge in [-0.25, -0.2) is 4.98 Å². The van der Waals surface area contributed by atoms with Gasteiger partial charge in [0.25, 0.3) is 0 Å². The molecule has 0 fully saturated rings. The Morgan fingerprint density at radius 2 is 2.00 bits per heavy atom. The normalized spacial score (nSPS) is 11.1. The molecule has 0 radical (unpaired) electrons. The van der Waals surface area contributed by atoms with Gasteiger partial charge in [-0.05, 0) is 32.4 Å². The molecule has 1 aromatic heterocycles. The first-order valence-electron chi connectivity index (χ1n) is 7.03. The third-order valence-electron chi connectivity index (χ3n) is 3.12. The van der Waals surface area contributed by atoms with Crippen molar-refractivity contribution >= 4 is 5.82 Å². The molecule has 106 valence electrons. The number of rotatable bonds is 7. The van der Waals surface area contributed by atoms with E-state index < -0.39 is 0 Å². The van der Waals surface area contributed by atoms with E-state index in [1.165, 1.54) is 5.56 Å². The van der Waals surface area contributed by atoms with Crippen molar-refractivity contribution in [2.45, 2.75) is 53.2 Å². The Balaban J connectivity index is 2.88. The van der Waals surface area contributed by atoms with Gasteiger partial charge in [-0.15, -0.1) is 6.58 Å². The van der Waals surface area contributed by atoms with Crippen LogP contribution in [0.15, 0.2) is 24.8 Å². The van der Waals surface area contributed by atoms with Crippen LogP contribution >= 0.6 is 0 Å². The Morgan fingerprint density at radius 1 is 1.32 bits per heavy atom. The summed E-state index contributed by atoms with van der Waals surface area (Å²) < 4.78 is 0. The van der Waals surface area contributed by atoms with Crippen LogP contribution in [0.1, 0.15) is 39.0 Å². The Hall–Kier alpha value is -1.35. The van der Waals surface area contributed by atoms with Crippen LogP contribution in [-0.2, 0) is 6.54 Å². The Morgan fingerprint density at radius 3 is 2.47 bits per heavy atom. The van der Waals surface area contributed by atoms with E-state index in [2.05, 4.69) is 63.5 Å². The lowest BCUT2D eigenvalue weighted by molar-refractivity contribution is 0.586. The molecule has 0 bridgehead atoms. The maximum absolute atomic E-state index is 4.73.